The lowest BCUT2D eigenvalue weighted by atomic mass is 10.1. The lowest BCUT2D eigenvalue weighted by molar-refractivity contribution is -0.114. The highest BCUT2D eigenvalue weighted by molar-refractivity contribution is 7.13. The number of amides is 1. The van der Waals surface area contributed by atoms with Gasteiger partial charge in [-0.1, -0.05) is 24.3 Å². The third kappa shape index (κ3) is 3.52. The van der Waals surface area contributed by atoms with Gasteiger partial charge in [0, 0.05) is 12.3 Å². The van der Waals surface area contributed by atoms with Crippen LogP contribution in [0, 0.1) is 0 Å². The van der Waals surface area contributed by atoms with Gasteiger partial charge in [-0.15, -0.1) is 11.3 Å². The lowest BCUT2D eigenvalue weighted by Gasteiger charge is -2.07. The minimum absolute atomic E-state index is 0.0405. The van der Waals surface area contributed by atoms with Crippen molar-refractivity contribution in [3.8, 4) is 5.75 Å². The van der Waals surface area contributed by atoms with Crippen molar-refractivity contribution in [1.82, 2.24) is 4.98 Å². The first kappa shape index (κ1) is 15.9. The Bertz CT molecular complexity index is 920. The molecule has 0 atom stereocenters. The fourth-order valence-electron chi connectivity index (χ4n) is 2.19. The summed E-state index contributed by atoms with van der Waals surface area (Å²) in [6.07, 6.45) is 0. The Morgan fingerprint density at radius 1 is 1.25 bits per heavy atom. The van der Waals surface area contributed by atoms with E-state index in [9.17, 15) is 14.7 Å². The number of anilines is 1. The molecule has 0 unspecified atom stereocenters. The topological polar surface area (TPSA) is 88.5 Å². The van der Waals surface area contributed by atoms with Crippen molar-refractivity contribution in [3.05, 3.63) is 53.0 Å². The molecule has 0 saturated heterocycles. The number of aromatic nitrogens is 1. The molecule has 0 saturated carbocycles. The normalized spacial score (nSPS) is 10.5. The van der Waals surface area contributed by atoms with Crippen LogP contribution in [-0.2, 0) is 16.1 Å². The number of carbonyl (C=O) groups is 2. The molecule has 0 spiro atoms. The maximum absolute atomic E-state index is 12.2. The van der Waals surface area contributed by atoms with Crippen molar-refractivity contribution in [2.45, 2.75) is 13.5 Å². The van der Waals surface area contributed by atoms with E-state index >= 15 is 0 Å². The Hall–Kier alpha value is -2.93. The number of nitrogens with one attached hydrogen (secondary N) is 1. The number of aromatic hydroxyl groups is 1. The number of rotatable bonds is 4. The zero-order valence-electron chi connectivity index (χ0n) is 12.8. The second kappa shape index (κ2) is 6.67. The quantitative estimate of drug-likeness (QED) is 0.710. The second-order valence-corrected chi connectivity index (χ2v) is 5.98. The van der Waals surface area contributed by atoms with Gasteiger partial charge in [0.1, 0.15) is 17.9 Å². The zero-order chi connectivity index (χ0) is 17.1. The summed E-state index contributed by atoms with van der Waals surface area (Å²) in [7, 11) is 0. The summed E-state index contributed by atoms with van der Waals surface area (Å²) in [6, 6.07) is 10.5. The van der Waals surface area contributed by atoms with Crippen LogP contribution in [0.4, 0.5) is 5.13 Å². The summed E-state index contributed by atoms with van der Waals surface area (Å²) in [5, 5.41) is 16.4. The number of thiazole rings is 1. The zero-order valence-corrected chi connectivity index (χ0v) is 13.6. The number of hydrogen-bond acceptors (Lipinski definition) is 6. The Morgan fingerprint density at radius 3 is 2.67 bits per heavy atom. The van der Waals surface area contributed by atoms with Crippen molar-refractivity contribution in [3.63, 3.8) is 0 Å². The first-order valence-corrected chi connectivity index (χ1v) is 8.02. The predicted molar refractivity (Wildman–Crippen MR) is 91.2 cm³/mol. The Kier molecular flexibility index (Phi) is 4.43. The number of ether oxygens (including phenoxy) is 1. The lowest BCUT2D eigenvalue weighted by Crippen LogP contribution is -2.07. The van der Waals surface area contributed by atoms with E-state index in [0.29, 0.717) is 10.8 Å². The minimum Gasteiger partial charge on any atom is -0.507 e. The number of phenols is 1. The van der Waals surface area contributed by atoms with Gasteiger partial charge in [0.2, 0.25) is 5.91 Å². The minimum atomic E-state index is -0.632. The van der Waals surface area contributed by atoms with Gasteiger partial charge in [-0.3, -0.25) is 4.79 Å². The Balaban J connectivity index is 1.72. The van der Waals surface area contributed by atoms with Crippen molar-refractivity contribution in [2.24, 2.45) is 0 Å². The molecule has 1 aromatic heterocycles. The Morgan fingerprint density at radius 2 is 1.96 bits per heavy atom. The molecule has 0 aliphatic rings. The molecule has 0 bridgehead atoms. The van der Waals surface area contributed by atoms with E-state index in [1.807, 2.05) is 24.3 Å². The molecule has 3 rings (SSSR count). The van der Waals surface area contributed by atoms with Crippen molar-refractivity contribution in [1.29, 1.82) is 0 Å². The van der Waals surface area contributed by atoms with Gasteiger partial charge in [0.15, 0.2) is 5.13 Å². The summed E-state index contributed by atoms with van der Waals surface area (Å²) < 4.78 is 5.19. The number of phenolic OH excluding ortho intramolecular Hbond substituents is 1. The molecule has 0 aliphatic carbocycles. The van der Waals surface area contributed by atoms with Gasteiger partial charge in [-0.25, -0.2) is 9.78 Å². The van der Waals surface area contributed by atoms with Gasteiger partial charge < -0.3 is 15.2 Å². The number of esters is 1. The summed E-state index contributed by atoms with van der Waals surface area (Å²) in [4.78, 5) is 27.3. The third-order valence-electron chi connectivity index (χ3n) is 3.27. The highest BCUT2D eigenvalue weighted by Gasteiger charge is 2.15. The molecule has 2 aromatic carbocycles. The van der Waals surface area contributed by atoms with E-state index in [2.05, 4.69) is 10.3 Å². The van der Waals surface area contributed by atoms with Gasteiger partial charge >= 0.3 is 5.97 Å². The first-order valence-electron chi connectivity index (χ1n) is 7.14. The third-order valence-corrected chi connectivity index (χ3v) is 4.08. The smallest absolute Gasteiger partial charge is 0.342 e. The molecule has 1 heterocycles. The van der Waals surface area contributed by atoms with Crippen LogP contribution in [0.5, 0.6) is 5.75 Å². The van der Waals surface area contributed by atoms with Crippen molar-refractivity contribution in [2.75, 3.05) is 5.32 Å². The van der Waals surface area contributed by atoms with Crippen LogP contribution < -0.4 is 5.32 Å². The summed E-state index contributed by atoms with van der Waals surface area (Å²) in [5.41, 5.74) is 0.628. The highest BCUT2D eigenvalue weighted by atomic mass is 32.1. The average Bonchev–Trinajstić information content (AvgIpc) is 2.98. The van der Waals surface area contributed by atoms with Crippen LogP contribution in [-0.4, -0.2) is 22.0 Å². The van der Waals surface area contributed by atoms with E-state index in [1.165, 1.54) is 24.3 Å². The summed E-state index contributed by atoms with van der Waals surface area (Å²) >= 11 is 1.25. The molecule has 0 aliphatic heterocycles. The van der Waals surface area contributed by atoms with Gasteiger partial charge in [0.25, 0.3) is 0 Å². The van der Waals surface area contributed by atoms with Crippen molar-refractivity contribution < 1.29 is 19.4 Å². The molecule has 2 N–H and O–H groups in total. The predicted octanol–water partition coefficient (Wildman–Crippen LogP) is 3.32. The van der Waals surface area contributed by atoms with Gasteiger partial charge in [-0.2, -0.15) is 0 Å². The fourth-order valence-corrected chi connectivity index (χ4v) is 2.93. The number of carbonyl (C=O) groups excluding carboxylic acids is 2. The highest BCUT2D eigenvalue weighted by Crippen LogP contribution is 2.26. The molecule has 0 fully saturated rings. The summed E-state index contributed by atoms with van der Waals surface area (Å²) in [6.45, 7) is 1.35. The maximum atomic E-state index is 12.2. The van der Waals surface area contributed by atoms with Crippen LogP contribution in [0.25, 0.3) is 10.8 Å². The van der Waals surface area contributed by atoms with Crippen LogP contribution >= 0.6 is 11.3 Å². The van der Waals surface area contributed by atoms with E-state index in [4.69, 9.17) is 4.74 Å². The largest absolute Gasteiger partial charge is 0.507 e. The molecule has 7 heteroatoms. The van der Waals surface area contributed by atoms with E-state index in [-0.39, 0.29) is 23.8 Å². The van der Waals surface area contributed by atoms with E-state index in [1.54, 1.807) is 11.4 Å². The van der Waals surface area contributed by atoms with Crippen LogP contribution in [0.15, 0.2) is 41.8 Å². The van der Waals surface area contributed by atoms with E-state index in [0.717, 1.165) is 10.8 Å². The van der Waals surface area contributed by atoms with Crippen LogP contribution in [0.3, 0.4) is 0 Å². The first-order chi connectivity index (χ1) is 11.5. The molecule has 0 radical (unpaired) electrons. The van der Waals surface area contributed by atoms with Crippen LogP contribution in [0.1, 0.15) is 23.0 Å². The molecular formula is C17H14N2O4S. The molecule has 3 aromatic rings. The number of fused-ring (bicyclic) bond motifs is 1. The average molecular weight is 342 g/mol. The standard InChI is InChI=1S/C17H14N2O4S/c1-10(20)18-17-19-13(9-24-17)8-23-16(22)14-6-11-4-2-3-5-12(11)7-15(14)21/h2-7,9,21H,8H2,1H3,(H,18,19,20). The fraction of sp³-hybridized carbons (Fsp3) is 0.118. The van der Waals surface area contributed by atoms with Crippen LogP contribution in [0.2, 0.25) is 0 Å². The Labute approximate surface area is 141 Å². The molecule has 24 heavy (non-hydrogen) atoms. The molecule has 122 valence electrons. The maximum Gasteiger partial charge on any atom is 0.342 e. The number of nitrogens with zero attached hydrogens (tertiary/aromatic N) is 1. The monoisotopic (exact) mass is 342 g/mol. The van der Waals surface area contributed by atoms with Crippen molar-refractivity contribution >= 4 is 39.1 Å². The SMILES string of the molecule is CC(=O)Nc1nc(COC(=O)c2cc3ccccc3cc2O)cs1. The molecule has 6 nitrogen and oxygen atoms in total. The van der Waals surface area contributed by atoms with Gasteiger partial charge in [0.05, 0.1) is 5.69 Å². The summed E-state index contributed by atoms with van der Waals surface area (Å²) in [5.74, 6) is -0.975. The number of hydrogen-bond donors (Lipinski definition) is 2. The molecule has 1 amide bonds. The second-order valence-electron chi connectivity index (χ2n) is 5.12. The van der Waals surface area contributed by atoms with Gasteiger partial charge in [-0.05, 0) is 22.9 Å². The van der Waals surface area contributed by atoms with E-state index < -0.39 is 5.97 Å². The number of benzene rings is 2. The molecular weight excluding hydrogens is 328 g/mol.